The van der Waals surface area contributed by atoms with Gasteiger partial charge in [-0.15, -0.1) is 11.3 Å². The number of nitrogens with two attached hydrogens (primary N) is 1. The first kappa shape index (κ1) is 16.9. The van der Waals surface area contributed by atoms with Gasteiger partial charge in [0.2, 0.25) is 0 Å². The average molecular weight is 347 g/mol. The van der Waals surface area contributed by atoms with Gasteiger partial charge in [0.1, 0.15) is 11.9 Å². The lowest BCUT2D eigenvalue weighted by atomic mass is 10.1. The van der Waals surface area contributed by atoms with Crippen molar-refractivity contribution in [3.63, 3.8) is 0 Å². The van der Waals surface area contributed by atoms with Crippen LogP contribution in [0.4, 0.5) is 5.13 Å². The largest absolute Gasteiger partial charge is 0.497 e. The van der Waals surface area contributed by atoms with E-state index in [0.717, 1.165) is 28.3 Å². The van der Waals surface area contributed by atoms with E-state index in [4.69, 9.17) is 15.2 Å². The second kappa shape index (κ2) is 7.29. The summed E-state index contributed by atoms with van der Waals surface area (Å²) in [6.07, 6.45) is 1.06. The number of thiazole rings is 1. The smallest absolute Gasteiger partial charge is 0.255 e. The number of hydrogen-bond donors (Lipinski definition) is 2. The number of methoxy groups -OCH3 is 1. The summed E-state index contributed by atoms with van der Waals surface area (Å²) in [4.78, 5) is 17.9. The van der Waals surface area contributed by atoms with Crippen LogP contribution in [0.5, 0.6) is 5.75 Å². The highest BCUT2D eigenvalue weighted by atomic mass is 32.1. The summed E-state index contributed by atoms with van der Waals surface area (Å²) in [5.41, 5.74) is 7.44. The lowest BCUT2D eigenvalue weighted by Crippen LogP contribution is -2.29. The normalized spacial score (nSPS) is 20.1. The van der Waals surface area contributed by atoms with Gasteiger partial charge in [0.05, 0.1) is 18.9 Å². The molecule has 0 spiro atoms. The average Bonchev–Trinajstić information content (AvgIpc) is 3.21. The van der Waals surface area contributed by atoms with Crippen LogP contribution < -0.4 is 15.8 Å². The fraction of sp³-hybridized carbons (Fsp3) is 0.412. The van der Waals surface area contributed by atoms with Gasteiger partial charge in [-0.3, -0.25) is 10.1 Å². The Morgan fingerprint density at radius 2 is 2.17 bits per heavy atom. The molecule has 7 heteroatoms. The molecule has 1 saturated heterocycles. The van der Waals surface area contributed by atoms with Gasteiger partial charge in [-0.1, -0.05) is 0 Å². The summed E-state index contributed by atoms with van der Waals surface area (Å²) in [6, 6.07) is 7.70. The molecule has 1 aromatic carbocycles. The SMILES string of the molecule is COc1ccc(-c2nc(NC(=O)[C@@H]3CC[C@H](CN)O3)sc2C)cc1. The molecule has 1 aliphatic rings. The van der Waals surface area contributed by atoms with Crippen LogP contribution in [0.3, 0.4) is 0 Å². The molecule has 2 aromatic rings. The maximum absolute atomic E-state index is 12.3. The molecule has 1 amide bonds. The lowest BCUT2D eigenvalue weighted by molar-refractivity contribution is -0.126. The number of nitrogens with zero attached hydrogens (tertiary/aromatic N) is 1. The van der Waals surface area contributed by atoms with Crippen LogP contribution in [-0.4, -0.2) is 36.8 Å². The Morgan fingerprint density at radius 3 is 2.79 bits per heavy atom. The molecule has 1 aromatic heterocycles. The number of carbonyl (C=O) groups excluding carboxylic acids is 1. The molecule has 1 aliphatic heterocycles. The Kier molecular flexibility index (Phi) is 5.13. The van der Waals surface area contributed by atoms with E-state index in [-0.39, 0.29) is 12.0 Å². The standard InChI is InChI=1S/C17H21N3O3S/c1-10-15(11-3-5-12(22-2)6-4-11)19-17(24-10)20-16(21)14-8-7-13(9-18)23-14/h3-6,13-14H,7-9,18H2,1-2H3,(H,19,20,21)/t13-,14+/m1/s1. The number of anilines is 1. The van der Waals surface area contributed by atoms with Crippen LogP contribution in [0, 0.1) is 6.92 Å². The summed E-state index contributed by atoms with van der Waals surface area (Å²) in [5, 5.41) is 3.45. The molecule has 3 rings (SSSR count). The summed E-state index contributed by atoms with van der Waals surface area (Å²) in [5.74, 6) is 0.647. The lowest BCUT2D eigenvalue weighted by Gasteiger charge is -2.11. The van der Waals surface area contributed by atoms with Crippen LogP contribution in [0.1, 0.15) is 17.7 Å². The van der Waals surface area contributed by atoms with Gasteiger partial charge in [0, 0.05) is 17.0 Å². The van der Waals surface area contributed by atoms with Crippen LogP contribution in [0.25, 0.3) is 11.3 Å². The van der Waals surface area contributed by atoms with Crippen molar-refractivity contribution in [2.75, 3.05) is 19.0 Å². The number of amides is 1. The van der Waals surface area contributed by atoms with Gasteiger partial charge in [-0.05, 0) is 44.0 Å². The third kappa shape index (κ3) is 3.58. The van der Waals surface area contributed by atoms with Crippen molar-refractivity contribution in [2.24, 2.45) is 5.73 Å². The molecule has 0 radical (unpaired) electrons. The Bertz CT molecular complexity index is 714. The number of nitrogens with one attached hydrogen (secondary N) is 1. The van der Waals surface area contributed by atoms with Crippen molar-refractivity contribution < 1.29 is 14.3 Å². The molecule has 0 bridgehead atoms. The van der Waals surface area contributed by atoms with E-state index < -0.39 is 6.10 Å². The monoisotopic (exact) mass is 347 g/mol. The maximum Gasteiger partial charge on any atom is 0.255 e. The zero-order valence-electron chi connectivity index (χ0n) is 13.7. The summed E-state index contributed by atoms with van der Waals surface area (Å²) >= 11 is 1.46. The van der Waals surface area contributed by atoms with Crippen molar-refractivity contribution in [1.82, 2.24) is 4.98 Å². The van der Waals surface area contributed by atoms with E-state index in [0.29, 0.717) is 18.1 Å². The van der Waals surface area contributed by atoms with Crippen LogP contribution in [-0.2, 0) is 9.53 Å². The number of benzene rings is 1. The number of ether oxygens (including phenoxy) is 2. The molecule has 3 N–H and O–H groups in total. The Labute approximate surface area is 145 Å². The van der Waals surface area contributed by atoms with Gasteiger partial charge in [-0.25, -0.2) is 4.98 Å². The highest BCUT2D eigenvalue weighted by Gasteiger charge is 2.30. The number of aromatic nitrogens is 1. The fourth-order valence-electron chi connectivity index (χ4n) is 2.72. The molecule has 0 unspecified atom stereocenters. The zero-order valence-corrected chi connectivity index (χ0v) is 14.6. The van der Waals surface area contributed by atoms with Gasteiger partial charge >= 0.3 is 0 Å². The molecule has 0 aliphatic carbocycles. The number of rotatable bonds is 5. The minimum absolute atomic E-state index is 0.0198. The van der Waals surface area contributed by atoms with Gasteiger partial charge < -0.3 is 15.2 Å². The number of hydrogen-bond acceptors (Lipinski definition) is 6. The van der Waals surface area contributed by atoms with Crippen molar-refractivity contribution in [3.8, 4) is 17.0 Å². The van der Waals surface area contributed by atoms with Gasteiger partial charge in [0.25, 0.3) is 5.91 Å². The summed E-state index contributed by atoms with van der Waals surface area (Å²) < 4.78 is 10.8. The molecule has 0 saturated carbocycles. The van der Waals surface area contributed by atoms with E-state index in [1.165, 1.54) is 11.3 Å². The van der Waals surface area contributed by atoms with Crippen molar-refractivity contribution >= 4 is 22.4 Å². The quantitative estimate of drug-likeness (QED) is 0.868. The first-order valence-electron chi connectivity index (χ1n) is 7.89. The van der Waals surface area contributed by atoms with Crippen LogP contribution in [0.15, 0.2) is 24.3 Å². The number of carbonyl (C=O) groups is 1. The van der Waals surface area contributed by atoms with E-state index in [2.05, 4.69) is 10.3 Å². The third-order valence-electron chi connectivity index (χ3n) is 4.05. The molecule has 128 valence electrons. The topological polar surface area (TPSA) is 86.5 Å². The van der Waals surface area contributed by atoms with Crippen LogP contribution >= 0.6 is 11.3 Å². The first-order chi connectivity index (χ1) is 11.6. The minimum atomic E-state index is -0.438. The second-order valence-corrected chi connectivity index (χ2v) is 6.90. The zero-order chi connectivity index (χ0) is 17.1. The van der Waals surface area contributed by atoms with E-state index in [1.54, 1.807) is 7.11 Å². The Balaban J connectivity index is 1.70. The van der Waals surface area contributed by atoms with Crippen molar-refractivity contribution in [2.45, 2.75) is 32.0 Å². The molecule has 1 fully saturated rings. The predicted octanol–water partition coefficient (Wildman–Crippen LogP) is 2.57. The highest BCUT2D eigenvalue weighted by Crippen LogP contribution is 2.31. The van der Waals surface area contributed by atoms with E-state index >= 15 is 0 Å². The van der Waals surface area contributed by atoms with Crippen molar-refractivity contribution in [3.05, 3.63) is 29.1 Å². The summed E-state index contributed by atoms with van der Waals surface area (Å²) in [7, 11) is 1.64. The maximum atomic E-state index is 12.3. The highest BCUT2D eigenvalue weighted by molar-refractivity contribution is 7.16. The Hall–Kier alpha value is -1.96. The molecular formula is C17H21N3O3S. The predicted molar refractivity (Wildman–Crippen MR) is 94.4 cm³/mol. The molecule has 2 atom stereocenters. The van der Waals surface area contributed by atoms with Gasteiger partial charge in [0.15, 0.2) is 5.13 Å². The van der Waals surface area contributed by atoms with Crippen LogP contribution in [0.2, 0.25) is 0 Å². The summed E-state index contributed by atoms with van der Waals surface area (Å²) in [6.45, 7) is 2.44. The molecule has 6 nitrogen and oxygen atoms in total. The van der Waals surface area contributed by atoms with E-state index in [9.17, 15) is 4.79 Å². The van der Waals surface area contributed by atoms with E-state index in [1.807, 2.05) is 31.2 Å². The minimum Gasteiger partial charge on any atom is -0.497 e. The molecular weight excluding hydrogens is 326 g/mol. The fourth-order valence-corrected chi connectivity index (χ4v) is 3.56. The molecule has 24 heavy (non-hydrogen) atoms. The first-order valence-corrected chi connectivity index (χ1v) is 8.70. The van der Waals surface area contributed by atoms with Gasteiger partial charge in [-0.2, -0.15) is 0 Å². The van der Waals surface area contributed by atoms with Crippen molar-refractivity contribution in [1.29, 1.82) is 0 Å². The molecule has 2 heterocycles. The Morgan fingerprint density at radius 1 is 1.42 bits per heavy atom. The number of aryl methyl sites for hydroxylation is 1. The third-order valence-corrected chi connectivity index (χ3v) is 4.94. The second-order valence-electron chi connectivity index (χ2n) is 5.70.